The molecule has 0 aliphatic carbocycles. The average molecular weight is 376 g/mol. The third-order valence-electron chi connectivity index (χ3n) is 4.19. The fourth-order valence-electron chi connectivity index (χ4n) is 2.69. The Balaban J connectivity index is 1.56. The van der Waals surface area contributed by atoms with Crippen molar-refractivity contribution in [2.24, 2.45) is 0 Å². The van der Waals surface area contributed by atoms with Crippen molar-refractivity contribution in [3.8, 4) is 11.5 Å². The number of hydrogen-bond donors (Lipinski definition) is 2. The molecule has 0 bridgehead atoms. The second kappa shape index (κ2) is 8.95. The van der Waals surface area contributed by atoms with Crippen molar-refractivity contribution in [3.63, 3.8) is 0 Å². The third-order valence-corrected chi connectivity index (χ3v) is 4.19. The maximum absolute atomic E-state index is 12.1. The molecule has 0 unspecified atom stereocenters. The van der Waals surface area contributed by atoms with Crippen molar-refractivity contribution < 1.29 is 14.3 Å². The second-order valence-corrected chi connectivity index (χ2v) is 6.56. The number of ether oxygens (including phenoxy) is 2. The van der Waals surface area contributed by atoms with Crippen molar-refractivity contribution >= 4 is 23.0 Å². The molecule has 0 aliphatic heterocycles. The molecule has 0 heterocycles. The van der Waals surface area contributed by atoms with Crippen LogP contribution in [0.4, 0.5) is 17.1 Å². The lowest BCUT2D eigenvalue weighted by Crippen LogP contribution is -2.20. The summed E-state index contributed by atoms with van der Waals surface area (Å²) in [6.07, 6.45) is 0. The normalized spacial score (nSPS) is 10.2. The number of benzene rings is 3. The van der Waals surface area contributed by atoms with Gasteiger partial charge in [-0.2, -0.15) is 0 Å². The predicted molar refractivity (Wildman–Crippen MR) is 113 cm³/mol. The molecule has 3 aromatic carbocycles. The van der Waals surface area contributed by atoms with Gasteiger partial charge < -0.3 is 20.1 Å². The molecular weight excluding hydrogens is 352 g/mol. The van der Waals surface area contributed by atoms with E-state index in [-0.39, 0.29) is 12.5 Å². The molecule has 144 valence electrons. The molecule has 0 saturated carbocycles. The summed E-state index contributed by atoms with van der Waals surface area (Å²) in [6, 6.07) is 21.0. The van der Waals surface area contributed by atoms with Crippen LogP contribution < -0.4 is 20.1 Å². The van der Waals surface area contributed by atoms with Crippen LogP contribution in [0.2, 0.25) is 0 Å². The van der Waals surface area contributed by atoms with Crippen LogP contribution in [0.25, 0.3) is 0 Å². The van der Waals surface area contributed by atoms with Crippen molar-refractivity contribution in [1.82, 2.24) is 0 Å². The summed E-state index contributed by atoms with van der Waals surface area (Å²) in [6.45, 7) is 4.00. The van der Waals surface area contributed by atoms with Gasteiger partial charge in [-0.1, -0.05) is 23.8 Å². The van der Waals surface area contributed by atoms with Gasteiger partial charge in [0.25, 0.3) is 5.91 Å². The number of rotatable bonds is 7. The maximum Gasteiger partial charge on any atom is 0.262 e. The summed E-state index contributed by atoms with van der Waals surface area (Å²) >= 11 is 0. The number of methoxy groups -OCH3 is 1. The minimum Gasteiger partial charge on any atom is -0.495 e. The number of carbonyl (C=O) groups excluding carboxylic acids is 1. The molecular formula is C23H24N2O3. The Bertz CT molecular complexity index is 935. The van der Waals surface area contributed by atoms with Gasteiger partial charge in [0.15, 0.2) is 6.61 Å². The van der Waals surface area contributed by atoms with Gasteiger partial charge in [-0.05, 0) is 67.9 Å². The molecule has 1 amide bonds. The number of anilines is 3. The van der Waals surface area contributed by atoms with E-state index in [2.05, 4.69) is 10.6 Å². The second-order valence-electron chi connectivity index (χ2n) is 6.56. The van der Waals surface area contributed by atoms with Gasteiger partial charge in [0, 0.05) is 11.4 Å². The summed E-state index contributed by atoms with van der Waals surface area (Å²) in [4.78, 5) is 12.1. The summed E-state index contributed by atoms with van der Waals surface area (Å²) < 4.78 is 10.9. The van der Waals surface area contributed by atoms with Gasteiger partial charge in [-0.15, -0.1) is 0 Å². The number of amides is 1. The molecule has 0 aromatic heterocycles. The van der Waals surface area contributed by atoms with Gasteiger partial charge in [-0.3, -0.25) is 4.79 Å². The third kappa shape index (κ3) is 5.27. The highest BCUT2D eigenvalue weighted by molar-refractivity contribution is 5.92. The number of nitrogens with one attached hydrogen (secondary N) is 2. The Kier molecular flexibility index (Phi) is 6.17. The smallest absolute Gasteiger partial charge is 0.262 e. The molecule has 0 saturated heterocycles. The van der Waals surface area contributed by atoms with Crippen LogP contribution in [0.3, 0.4) is 0 Å². The Morgan fingerprint density at radius 3 is 2.18 bits per heavy atom. The first-order valence-electron chi connectivity index (χ1n) is 9.04. The lowest BCUT2D eigenvalue weighted by Gasteiger charge is -2.13. The van der Waals surface area contributed by atoms with E-state index in [0.717, 1.165) is 28.3 Å². The summed E-state index contributed by atoms with van der Waals surface area (Å²) in [5, 5.41) is 6.16. The molecule has 2 N–H and O–H groups in total. The molecule has 5 nitrogen and oxygen atoms in total. The summed E-state index contributed by atoms with van der Waals surface area (Å²) in [5.74, 6) is 1.24. The fraction of sp³-hybridized carbons (Fsp3) is 0.174. The highest BCUT2D eigenvalue weighted by Crippen LogP contribution is 2.29. The molecule has 28 heavy (non-hydrogen) atoms. The minimum atomic E-state index is -0.207. The molecule has 0 atom stereocenters. The first-order valence-corrected chi connectivity index (χ1v) is 9.04. The van der Waals surface area contributed by atoms with Crippen molar-refractivity contribution in [3.05, 3.63) is 77.9 Å². The largest absolute Gasteiger partial charge is 0.495 e. The van der Waals surface area contributed by atoms with Crippen molar-refractivity contribution in [2.75, 3.05) is 24.4 Å². The Morgan fingerprint density at radius 1 is 0.857 bits per heavy atom. The van der Waals surface area contributed by atoms with Crippen LogP contribution in [0.1, 0.15) is 11.1 Å². The van der Waals surface area contributed by atoms with Crippen molar-refractivity contribution in [1.29, 1.82) is 0 Å². The lowest BCUT2D eigenvalue weighted by atomic mass is 10.2. The van der Waals surface area contributed by atoms with E-state index in [9.17, 15) is 4.79 Å². The van der Waals surface area contributed by atoms with Crippen LogP contribution >= 0.6 is 0 Å². The molecule has 3 aromatic rings. The number of aryl methyl sites for hydroxylation is 2. The monoisotopic (exact) mass is 376 g/mol. The quantitative estimate of drug-likeness (QED) is 0.604. The molecule has 5 heteroatoms. The van der Waals surface area contributed by atoms with Gasteiger partial charge in [0.2, 0.25) is 0 Å². The zero-order valence-corrected chi connectivity index (χ0v) is 16.3. The first kappa shape index (κ1) is 19.3. The predicted octanol–water partition coefficient (Wildman–Crippen LogP) is 5.07. The van der Waals surface area contributed by atoms with Crippen LogP contribution in [-0.4, -0.2) is 19.6 Å². The number of carbonyl (C=O) groups is 1. The Morgan fingerprint density at radius 2 is 1.50 bits per heavy atom. The molecule has 0 aliphatic rings. The van der Waals surface area contributed by atoms with E-state index in [1.807, 2.05) is 80.6 Å². The lowest BCUT2D eigenvalue weighted by molar-refractivity contribution is -0.118. The van der Waals surface area contributed by atoms with E-state index in [4.69, 9.17) is 9.47 Å². The molecule has 0 spiro atoms. The zero-order chi connectivity index (χ0) is 19.9. The van der Waals surface area contributed by atoms with Gasteiger partial charge in [0.1, 0.15) is 11.5 Å². The van der Waals surface area contributed by atoms with E-state index in [0.29, 0.717) is 11.4 Å². The Labute approximate surface area is 165 Å². The minimum absolute atomic E-state index is 0.0381. The summed E-state index contributed by atoms with van der Waals surface area (Å²) in [5.41, 5.74) is 4.79. The van der Waals surface area contributed by atoms with E-state index in [1.165, 1.54) is 0 Å². The standard InChI is InChI=1S/C23H24N2O3/c1-16-4-11-20(12-5-16)28-15-23(26)25-19-9-7-18(8-10-19)24-21-14-17(2)6-13-22(21)27-3/h4-14,24H,15H2,1-3H3,(H,25,26). The van der Waals surface area contributed by atoms with Crippen LogP contribution in [0.5, 0.6) is 11.5 Å². The van der Waals surface area contributed by atoms with Crippen LogP contribution in [0, 0.1) is 13.8 Å². The summed E-state index contributed by atoms with van der Waals surface area (Å²) in [7, 11) is 1.65. The maximum atomic E-state index is 12.1. The SMILES string of the molecule is COc1ccc(C)cc1Nc1ccc(NC(=O)COc2ccc(C)cc2)cc1. The Hall–Kier alpha value is -3.47. The van der Waals surface area contributed by atoms with Gasteiger partial charge >= 0.3 is 0 Å². The molecule has 3 rings (SSSR count). The number of hydrogen-bond acceptors (Lipinski definition) is 4. The van der Waals surface area contributed by atoms with Gasteiger partial charge in [-0.25, -0.2) is 0 Å². The highest BCUT2D eigenvalue weighted by atomic mass is 16.5. The molecule has 0 radical (unpaired) electrons. The molecule has 0 fully saturated rings. The van der Waals surface area contributed by atoms with E-state index in [1.54, 1.807) is 7.11 Å². The fourth-order valence-corrected chi connectivity index (χ4v) is 2.69. The van der Waals surface area contributed by atoms with Gasteiger partial charge in [0.05, 0.1) is 12.8 Å². The van der Waals surface area contributed by atoms with Crippen molar-refractivity contribution in [2.45, 2.75) is 13.8 Å². The van der Waals surface area contributed by atoms with Crippen LogP contribution in [0.15, 0.2) is 66.7 Å². The topological polar surface area (TPSA) is 59.6 Å². The van der Waals surface area contributed by atoms with E-state index < -0.39 is 0 Å². The van der Waals surface area contributed by atoms with E-state index >= 15 is 0 Å². The van der Waals surface area contributed by atoms with Crippen LogP contribution in [-0.2, 0) is 4.79 Å². The average Bonchev–Trinajstić information content (AvgIpc) is 2.69. The highest BCUT2D eigenvalue weighted by Gasteiger charge is 2.06. The zero-order valence-electron chi connectivity index (χ0n) is 16.3. The first-order chi connectivity index (χ1) is 13.5.